The van der Waals surface area contributed by atoms with Gasteiger partial charge in [0.15, 0.2) is 0 Å². The molecular weight excluding hydrogens is 306 g/mol. The molecule has 1 aromatic carbocycles. The van der Waals surface area contributed by atoms with Gasteiger partial charge in [0.2, 0.25) is 0 Å². The number of hydrogen-bond donors (Lipinski definition) is 0. The summed E-state index contributed by atoms with van der Waals surface area (Å²) in [5, 5.41) is 8.99. The molecule has 1 aromatic heterocycles. The van der Waals surface area contributed by atoms with E-state index in [0.29, 0.717) is 18.2 Å². The van der Waals surface area contributed by atoms with Crippen LogP contribution in [0, 0.1) is 17.2 Å². The summed E-state index contributed by atoms with van der Waals surface area (Å²) < 4.78 is 1.93. The van der Waals surface area contributed by atoms with E-state index in [-0.39, 0.29) is 4.87 Å². The Balaban J connectivity index is 1.74. The molecule has 4 nitrogen and oxygen atoms in total. The van der Waals surface area contributed by atoms with Crippen molar-refractivity contribution in [1.82, 2.24) is 9.47 Å². The molecule has 23 heavy (non-hydrogen) atoms. The normalized spacial score (nSPS) is 17.0. The number of hydrogen-bond acceptors (Lipinski definition) is 4. The summed E-state index contributed by atoms with van der Waals surface area (Å²) in [6.45, 7) is 3.59. The zero-order valence-corrected chi connectivity index (χ0v) is 14.4. The molecule has 1 aliphatic carbocycles. The summed E-state index contributed by atoms with van der Waals surface area (Å²) in [6, 6.07) is 9.81. The van der Waals surface area contributed by atoms with Crippen molar-refractivity contribution in [3.05, 3.63) is 55.6 Å². The molecule has 0 bridgehead atoms. The third-order valence-electron chi connectivity index (χ3n) is 4.38. The van der Waals surface area contributed by atoms with Crippen LogP contribution in [0.4, 0.5) is 0 Å². The number of nitriles is 1. The highest BCUT2D eigenvalue weighted by molar-refractivity contribution is 7.09. The number of rotatable bonds is 4. The van der Waals surface area contributed by atoms with Crippen molar-refractivity contribution < 1.29 is 0 Å². The Labute approximate surface area is 140 Å². The molecule has 0 radical (unpaired) electrons. The number of nitrogens with zero attached hydrogens (tertiary/aromatic N) is 3. The lowest BCUT2D eigenvalue weighted by Crippen LogP contribution is -2.29. The standard InChI is InChI=1S/C18H21N3OS/c1-13-6-7-16-17(8-13)23-18(22)21(16)12-20(2)11-15-5-3-4-14(9-15)10-19/h3-5,9,13H,6-8,11-12H2,1-2H3/t13-/m0/s1. The first kappa shape index (κ1) is 16.0. The largest absolute Gasteiger partial charge is 0.308 e. The molecule has 0 saturated carbocycles. The van der Waals surface area contributed by atoms with Gasteiger partial charge in [0.05, 0.1) is 18.3 Å². The minimum absolute atomic E-state index is 0.154. The van der Waals surface area contributed by atoms with E-state index >= 15 is 0 Å². The first-order chi connectivity index (χ1) is 11.1. The highest BCUT2D eigenvalue weighted by atomic mass is 32.1. The predicted molar refractivity (Wildman–Crippen MR) is 92.4 cm³/mol. The van der Waals surface area contributed by atoms with Crippen LogP contribution in [0.5, 0.6) is 0 Å². The van der Waals surface area contributed by atoms with Crippen molar-refractivity contribution in [3.8, 4) is 6.07 Å². The van der Waals surface area contributed by atoms with Crippen molar-refractivity contribution in [2.75, 3.05) is 7.05 Å². The first-order valence-corrected chi connectivity index (χ1v) is 8.77. The van der Waals surface area contributed by atoms with Gasteiger partial charge in [-0.15, -0.1) is 0 Å². The van der Waals surface area contributed by atoms with Crippen LogP contribution in [-0.4, -0.2) is 16.5 Å². The van der Waals surface area contributed by atoms with Crippen LogP contribution in [0.1, 0.15) is 35.0 Å². The second kappa shape index (κ2) is 6.69. The molecule has 0 unspecified atom stereocenters. The summed E-state index contributed by atoms with van der Waals surface area (Å²) in [7, 11) is 2.01. The van der Waals surface area contributed by atoms with Crippen LogP contribution >= 0.6 is 11.3 Å². The fraction of sp³-hybridized carbons (Fsp3) is 0.444. The Kier molecular flexibility index (Phi) is 4.65. The monoisotopic (exact) mass is 327 g/mol. The van der Waals surface area contributed by atoms with Gasteiger partial charge in [-0.05, 0) is 49.9 Å². The van der Waals surface area contributed by atoms with Crippen molar-refractivity contribution in [3.63, 3.8) is 0 Å². The van der Waals surface area contributed by atoms with E-state index < -0.39 is 0 Å². The molecule has 3 rings (SSSR count). The van der Waals surface area contributed by atoms with Gasteiger partial charge < -0.3 is 0 Å². The molecule has 120 valence electrons. The zero-order valence-electron chi connectivity index (χ0n) is 13.6. The molecule has 2 aromatic rings. The van der Waals surface area contributed by atoms with E-state index in [4.69, 9.17) is 5.26 Å². The molecule has 0 aliphatic heterocycles. The lowest BCUT2D eigenvalue weighted by Gasteiger charge is -2.22. The Bertz CT molecular complexity index is 799. The maximum atomic E-state index is 12.3. The summed E-state index contributed by atoms with van der Waals surface area (Å²) in [4.78, 5) is 15.9. The van der Waals surface area contributed by atoms with Gasteiger partial charge in [-0.3, -0.25) is 14.3 Å². The van der Waals surface area contributed by atoms with Gasteiger partial charge in [0.25, 0.3) is 0 Å². The topological polar surface area (TPSA) is 49.0 Å². The maximum Gasteiger partial charge on any atom is 0.308 e. The third kappa shape index (κ3) is 3.54. The first-order valence-electron chi connectivity index (χ1n) is 7.95. The second-order valence-electron chi connectivity index (χ2n) is 6.48. The van der Waals surface area contributed by atoms with Gasteiger partial charge in [0.1, 0.15) is 0 Å². The number of aromatic nitrogens is 1. The summed E-state index contributed by atoms with van der Waals surface area (Å²) in [6.07, 6.45) is 3.21. The molecule has 0 spiro atoms. The van der Waals surface area contributed by atoms with Gasteiger partial charge in [-0.2, -0.15) is 5.26 Å². The molecule has 5 heteroatoms. The average molecular weight is 327 g/mol. The summed E-state index contributed by atoms with van der Waals surface area (Å²) in [5.74, 6) is 0.681. The van der Waals surface area contributed by atoms with E-state index in [9.17, 15) is 4.79 Å². The van der Waals surface area contributed by atoms with Crippen molar-refractivity contribution >= 4 is 11.3 Å². The van der Waals surface area contributed by atoms with E-state index in [2.05, 4.69) is 17.9 Å². The van der Waals surface area contributed by atoms with Crippen LogP contribution in [0.25, 0.3) is 0 Å². The maximum absolute atomic E-state index is 12.3. The molecule has 0 N–H and O–H groups in total. The van der Waals surface area contributed by atoms with E-state index in [1.54, 1.807) is 0 Å². The van der Waals surface area contributed by atoms with E-state index in [1.165, 1.54) is 21.9 Å². The molecule has 0 fully saturated rings. The van der Waals surface area contributed by atoms with Crippen LogP contribution in [-0.2, 0) is 26.1 Å². The molecular formula is C18H21N3OS. The van der Waals surface area contributed by atoms with Crippen molar-refractivity contribution in [1.29, 1.82) is 5.26 Å². The Morgan fingerprint density at radius 3 is 3.09 bits per heavy atom. The smallest absolute Gasteiger partial charge is 0.289 e. The van der Waals surface area contributed by atoms with Gasteiger partial charge in [-0.1, -0.05) is 30.4 Å². The lowest BCUT2D eigenvalue weighted by atomic mass is 9.93. The molecule has 1 atom stereocenters. The minimum Gasteiger partial charge on any atom is -0.289 e. The van der Waals surface area contributed by atoms with E-state index in [1.807, 2.05) is 35.9 Å². The highest BCUT2D eigenvalue weighted by Crippen LogP contribution is 2.27. The van der Waals surface area contributed by atoms with E-state index in [0.717, 1.165) is 31.4 Å². The van der Waals surface area contributed by atoms with Gasteiger partial charge >= 0.3 is 4.87 Å². The molecule has 1 aliphatic rings. The Hall–Kier alpha value is -1.90. The molecule has 0 saturated heterocycles. The Morgan fingerprint density at radius 1 is 1.48 bits per heavy atom. The third-order valence-corrected chi connectivity index (χ3v) is 5.42. The summed E-state index contributed by atoms with van der Waals surface area (Å²) >= 11 is 1.41. The van der Waals surface area contributed by atoms with Crippen LogP contribution < -0.4 is 4.87 Å². The zero-order chi connectivity index (χ0) is 16.4. The van der Waals surface area contributed by atoms with Crippen LogP contribution in [0.3, 0.4) is 0 Å². The molecule has 1 heterocycles. The number of benzene rings is 1. The minimum atomic E-state index is 0.154. The van der Waals surface area contributed by atoms with Gasteiger partial charge in [-0.25, -0.2) is 0 Å². The Morgan fingerprint density at radius 2 is 2.30 bits per heavy atom. The fourth-order valence-electron chi connectivity index (χ4n) is 3.20. The van der Waals surface area contributed by atoms with Crippen molar-refractivity contribution in [2.24, 2.45) is 5.92 Å². The summed E-state index contributed by atoms with van der Waals surface area (Å²) in [5.41, 5.74) is 3.00. The number of thiazole rings is 1. The van der Waals surface area contributed by atoms with Crippen molar-refractivity contribution in [2.45, 2.75) is 39.4 Å². The predicted octanol–water partition coefficient (Wildman–Crippen LogP) is 3.00. The SMILES string of the molecule is C[C@H]1CCc2c(sc(=O)n2CN(C)Cc2cccc(C#N)c2)C1. The lowest BCUT2D eigenvalue weighted by molar-refractivity contribution is 0.252. The van der Waals surface area contributed by atoms with Gasteiger partial charge in [0, 0.05) is 17.1 Å². The molecule has 0 amide bonds. The van der Waals surface area contributed by atoms with Crippen LogP contribution in [0.15, 0.2) is 29.1 Å². The quantitative estimate of drug-likeness (QED) is 0.867. The van der Waals surface area contributed by atoms with Crippen LogP contribution in [0.2, 0.25) is 0 Å². The highest BCUT2D eigenvalue weighted by Gasteiger charge is 2.22. The fourth-order valence-corrected chi connectivity index (χ4v) is 4.39. The number of fused-ring (bicyclic) bond motifs is 1. The second-order valence-corrected chi connectivity index (χ2v) is 7.53. The average Bonchev–Trinajstić information content (AvgIpc) is 2.82.